The van der Waals surface area contributed by atoms with Crippen molar-refractivity contribution in [2.45, 2.75) is 79.1 Å². The van der Waals surface area contributed by atoms with E-state index in [1.165, 1.54) is 0 Å². The molecule has 0 aliphatic rings. The first-order valence-electron chi connectivity index (χ1n) is 8.06. The van der Waals surface area contributed by atoms with E-state index < -0.39 is 16.6 Å². The quantitative estimate of drug-likeness (QED) is 0.513. The Balaban J connectivity index is 5.93. The molecule has 0 rings (SSSR count). The fourth-order valence-electron chi connectivity index (χ4n) is 2.59. The molecule has 0 radical (unpaired) electrons. The topological polar surface area (TPSA) is 68.3 Å². The van der Waals surface area contributed by atoms with Gasteiger partial charge in [0.25, 0.3) is 0 Å². The molecule has 120 valence electrons. The predicted molar refractivity (Wildman–Crippen MR) is 79.7 cm³/mol. The van der Waals surface area contributed by atoms with Gasteiger partial charge in [0, 0.05) is 0 Å². The van der Waals surface area contributed by atoms with Crippen LogP contribution in [0.25, 0.3) is 0 Å². The van der Waals surface area contributed by atoms with Crippen LogP contribution in [0.15, 0.2) is 0 Å². The van der Waals surface area contributed by atoms with Gasteiger partial charge in [-0.25, -0.2) is 0 Å². The Bertz CT molecular complexity index is 324. The molecular formula is C16H28O4Ti. The zero-order valence-corrected chi connectivity index (χ0v) is 15.4. The molecule has 0 unspecified atom stereocenters. The van der Waals surface area contributed by atoms with Crippen LogP contribution in [0.2, 0.25) is 0 Å². The van der Waals surface area contributed by atoms with Crippen molar-refractivity contribution < 1.29 is 35.8 Å². The fourth-order valence-corrected chi connectivity index (χ4v) is 9.41. The Morgan fingerprint density at radius 1 is 0.524 bits per heavy atom. The van der Waals surface area contributed by atoms with E-state index >= 15 is 0 Å². The molecule has 0 aromatic heterocycles. The summed E-state index contributed by atoms with van der Waals surface area (Å²) in [5.41, 5.74) is 0. The van der Waals surface area contributed by atoms with E-state index in [1.54, 1.807) is 0 Å². The van der Waals surface area contributed by atoms with Crippen molar-refractivity contribution in [3.63, 3.8) is 0 Å². The fraction of sp³-hybridized carbons (Fsp3) is 0.750. The van der Waals surface area contributed by atoms with Gasteiger partial charge in [-0.1, -0.05) is 0 Å². The number of hydrogen-bond donors (Lipinski definition) is 0. The molecule has 21 heavy (non-hydrogen) atoms. The van der Waals surface area contributed by atoms with Crippen molar-refractivity contribution >= 4 is 16.4 Å². The van der Waals surface area contributed by atoms with E-state index in [0.29, 0.717) is 25.7 Å². The molecule has 5 heteroatoms. The van der Waals surface area contributed by atoms with Crippen molar-refractivity contribution in [2.75, 3.05) is 0 Å². The van der Waals surface area contributed by atoms with Gasteiger partial charge in [-0.2, -0.15) is 0 Å². The van der Waals surface area contributed by atoms with Gasteiger partial charge < -0.3 is 0 Å². The molecule has 4 nitrogen and oxygen atoms in total. The second-order valence-corrected chi connectivity index (χ2v) is 11.3. The monoisotopic (exact) mass is 332 g/mol. The number of carbonyl (C=O) groups is 4. The van der Waals surface area contributed by atoms with Crippen LogP contribution in [0.5, 0.6) is 0 Å². The summed E-state index contributed by atoms with van der Waals surface area (Å²) in [6, 6.07) is 0. The third-order valence-electron chi connectivity index (χ3n) is 3.58. The average molecular weight is 332 g/mol. The molecule has 0 aliphatic heterocycles. The molecule has 0 saturated heterocycles. The van der Waals surface area contributed by atoms with Crippen LogP contribution in [0, 0.1) is 0 Å². The van der Waals surface area contributed by atoms with E-state index in [1.807, 2.05) is 27.7 Å². The number of rotatable bonds is 12. The van der Waals surface area contributed by atoms with Gasteiger partial charge in [-0.15, -0.1) is 0 Å². The molecule has 0 fully saturated rings. The second-order valence-electron chi connectivity index (χ2n) is 5.44. The Labute approximate surface area is 131 Å². The van der Waals surface area contributed by atoms with E-state index in [-0.39, 0.29) is 42.0 Å². The minimum absolute atomic E-state index is 0.181. The Morgan fingerprint density at radius 2 is 0.714 bits per heavy atom. The predicted octanol–water partition coefficient (Wildman–Crippen LogP) is 3.45. The van der Waals surface area contributed by atoms with Gasteiger partial charge in [-0.3, -0.25) is 0 Å². The molecule has 0 atom stereocenters. The molecular weight excluding hydrogens is 304 g/mol. The van der Waals surface area contributed by atoms with Crippen molar-refractivity contribution in [1.29, 1.82) is 0 Å². The molecule has 0 aromatic carbocycles. The third-order valence-corrected chi connectivity index (χ3v) is 10.4. The van der Waals surface area contributed by atoms with Gasteiger partial charge in [0.1, 0.15) is 0 Å². The van der Waals surface area contributed by atoms with Crippen LogP contribution in [-0.2, 0) is 35.8 Å². The van der Waals surface area contributed by atoms with Crippen molar-refractivity contribution in [3.05, 3.63) is 0 Å². The minimum atomic E-state index is -4.49. The summed E-state index contributed by atoms with van der Waals surface area (Å²) in [5, 5.41) is 0. The third kappa shape index (κ3) is 4.68. The van der Waals surface area contributed by atoms with Crippen LogP contribution in [0.4, 0.5) is 0 Å². The second kappa shape index (κ2) is 10.2. The van der Waals surface area contributed by atoms with Crippen LogP contribution >= 0.6 is 0 Å². The van der Waals surface area contributed by atoms with Gasteiger partial charge >= 0.3 is 131 Å². The van der Waals surface area contributed by atoms with E-state index in [9.17, 15) is 19.2 Å². The molecule has 0 bridgehead atoms. The van der Waals surface area contributed by atoms with Crippen molar-refractivity contribution in [3.8, 4) is 0 Å². The van der Waals surface area contributed by atoms with Gasteiger partial charge in [0.05, 0.1) is 0 Å². The first kappa shape index (κ1) is 20.4. The maximum absolute atomic E-state index is 12.6. The Hall–Kier alpha value is -0.606. The summed E-state index contributed by atoms with van der Waals surface area (Å²) in [4.78, 5) is 50.5. The maximum atomic E-state index is 12.6. The molecule has 0 heterocycles. The number of hydrogen-bond acceptors (Lipinski definition) is 4. The summed E-state index contributed by atoms with van der Waals surface area (Å²) >= 11 is -4.49. The first-order valence-corrected chi connectivity index (χ1v) is 11.2. The van der Waals surface area contributed by atoms with E-state index in [4.69, 9.17) is 0 Å². The normalized spacial score (nSPS) is 11.2. The summed E-state index contributed by atoms with van der Waals surface area (Å²) < 4.78 is -1.25. The van der Waals surface area contributed by atoms with Gasteiger partial charge in [0.15, 0.2) is 0 Å². The van der Waals surface area contributed by atoms with E-state index in [2.05, 4.69) is 0 Å². The van der Waals surface area contributed by atoms with Crippen LogP contribution in [0.1, 0.15) is 79.1 Å². The van der Waals surface area contributed by atoms with Gasteiger partial charge in [0.2, 0.25) is 0 Å². The summed E-state index contributed by atoms with van der Waals surface area (Å²) in [7, 11) is 0. The average Bonchev–Trinajstić information content (AvgIpc) is 2.40. The van der Waals surface area contributed by atoms with Crippen LogP contribution in [0.3, 0.4) is 0 Å². The van der Waals surface area contributed by atoms with Gasteiger partial charge in [-0.05, 0) is 0 Å². The molecule has 0 aromatic rings. The summed E-state index contributed by atoms with van der Waals surface area (Å²) in [5.74, 6) is 0. The van der Waals surface area contributed by atoms with Crippen molar-refractivity contribution in [2.24, 2.45) is 0 Å². The summed E-state index contributed by atoms with van der Waals surface area (Å²) in [6.07, 6.45) is 3.02. The summed E-state index contributed by atoms with van der Waals surface area (Å²) in [6.45, 7) is 7.35. The Morgan fingerprint density at radius 3 is 0.857 bits per heavy atom. The zero-order chi connectivity index (χ0) is 16.5. The van der Waals surface area contributed by atoms with Crippen LogP contribution < -0.4 is 0 Å². The SMILES string of the molecule is CCC[C](=O)[Ti]([C](=O)CCC)([C](=O)CCC)[C](=O)CCC. The molecule has 0 N–H and O–H groups in total. The van der Waals surface area contributed by atoms with Crippen LogP contribution in [-0.4, -0.2) is 16.4 Å². The zero-order valence-electron chi connectivity index (χ0n) is 13.8. The van der Waals surface area contributed by atoms with Crippen molar-refractivity contribution in [1.82, 2.24) is 0 Å². The number of carbonyl (C=O) groups excluding carboxylic acids is 4. The van der Waals surface area contributed by atoms with E-state index in [0.717, 1.165) is 0 Å². The standard InChI is InChI=1S/4C4H7O.Ti/c4*1-2-3-4-5;/h4*2-3H2,1H3;. The molecule has 0 spiro atoms. The first-order chi connectivity index (χ1) is 9.93. The Kier molecular flexibility index (Phi) is 9.88. The molecule has 0 amide bonds. The molecule has 0 saturated carbocycles. The molecule has 0 aliphatic carbocycles.